The van der Waals surface area contributed by atoms with Gasteiger partial charge < -0.3 is 10.1 Å². The summed E-state index contributed by atoms with van der Waals surface area (Å²) >= 11 is 0. The van der Waals surface area contributed by atoms with Crippen molar-refractivity contribution < 1.29 is 14.7 Å². The molecular formula is C16H15NO3. The number of benzene rings is 1. The smallest absolute Gasteiger partial charge is 0.335 e. The number of fused-ring (bicyclic) bond motifs is 4. The van der Waals surface area contributed by atoms with E-state index in [9.17, 15) is 9.59 Å². The van der Waals surface area contributed by atoms with Gasteiger partial charge in [0.1, 0.15) is 0 Å². The number of rotatable bonds is 1. The molecule has 2 aliphatic carbocycles. The van der Waals surface area contributed by atoms with E-state index in [4.69, 9.17) is 5.11 Å². The van der Waals surface area contributed by atoms with Crippen LogP contribution in [0.2, 0.25) is 0 Å². The van der Waals surface area contributed by atoms with Crippen LogP contribution in [0.4, 0.5) is 0 Å². The lowest BCUT2D eigenvalue weighted by Crippen LogP contribution is -2.07. The maximum atomic E-state index is 12.3. The second-order valence-corrected chi connectivity index (χ2v) is 6.00. The minimum Gasteiger partial charge on any atom is -0.478 e. The van der Waals surface area contributed by atoms with Crippen LogP contribution in [0.25, 0.3) is 10.9 Å². The third-order valence-corrected chi connectivity index (χ3v) is 4.77. The summed E-state index contributed by atoms with van der Waals surface area (Å²) in [5, 5.41) is 10.1. The van der Waals surface area contributed by atoms with E-state index in [-0.39, 0.29) is 16.8 Å². The Morgan fingerprint density at radius 1 is 1.25 bits per heavy atom. The van der Waals surface area contributed by atoms with Crippen LogP contribution in [-0.4, -0.2) is 21.8 Å². The summed E-state index contributed by atoms with van der Waals surface area (Å²) in [5.74, 6) is -0.761. The number of carboxylic acid groups (broad SMARTS) is 1. The van der Waals surface area contributed by atoms with Crippen LogP contribution in [0.5, 0.6) is 0 Å². The molecular weight excluding hydrogens is 254 g/mol. The minimum absolute atomic E-state index is 0.122. The predicted octanol–water partition coefficient (Wildman–Crippen LogP) is 3.26. The number of aromatic carboxylic acids is 1. The summed E-state index contributed by atoms with van der Waals surface area (Å²) in [6, 6.07) is 5.08. The molecule has 4 nitrogen and oxygen atoms in total. The van der Waals surface area contributed by atoms with Gasteiger partial charge in [-0.15, -0.1) is 0 Å². The fourth-order valence-electron chi connectivity index (χ4n) is 3.57. The Balaban J connectivity index is 2.04. The van der Waals surface area contributed by atoms with E-state index in [2.05, 4.69) is 4.98 Å². The van der Waals surface area contributed by atoms with Crippen molar-refractivity contribution in [3.63, 3.8) is 0 Å². The van der Waals surface area contributed by atoms with Gasteiger partial charge in [-0.05, 0) is 54.9 Å². The second-order valence-electron chi connectivity index (χ2n) is 6.00. The molecule has 0 radical (unpaired) electrons. The zero-order valence-electron chi connectivity index (χ0n) is 11.0. The molecule has 2 aromatic rings. The molecule has 0 aliphatic heterocycles. The van der Waals surface area contributed by atoms with Crippen molar-refractivity contribution in [3.8, 4) is 0 Å². The fraction of sp³-hybridized carbons (Fsp3) is 0.375. The van der Waals surface area contributed by atoms with Gasteiger partial charge in [0.15, 0.2) is 5.78 Å². The standard InChI is InChI=1S/C16H15NO3/c18-12-2-1-5-16(6-7-16)13-10-8-9(15(19)20)3-4-11(10)17-14(12)13/h3-4,8,17H,1-2,5-7H2,(H,19,20). The number of ketones is 1. The Morgan fingerprint density at radius 3 is 2.75 bits per heavy atom. The van der Waals surface area contributed by atoms with E-state index >= 15 is 0 Å². The molecule has 4 rings (SSSR count). The lowest BCUT2D eigenvalue weighted by atomic mass is 9.90. The van der Waals surface area contributed by atoms with Gasteiger partial charge in [-0.2, -0.15) is 0 Å². The van der Waals surface area contributed by atoms with E-state index < -0.39 is 5.97 Å². The topological polar surface area (TPSA) is 70.2 Å². The van der Waals surface area contributed by atoms with Crippen LogP contribution in [0.15, 0.2) is 18.2 Å². The molecule has 102 valence electrons. The molecule has 1 fully saturated rings. The van der Waals surface area contributed by atoms with Gasteiger partial charge in [-0.1, -0.05) is 0 Å². The van der Waals surface area contributed by atoms with Gasteiger partial charge in [-0.3, -0.25) is 4.79 Å². The van der Waals surface area contributed by atoms with Crippen LogP contribution in [0.3, 0.4) is 0 Å². The highest BCUT2D eigenvalue weighted by molar-refractivity contribution is 6.05. The van der Waals surface area contributed by atoms with Crippen molar-refractivity contribution >= 4 is 22.7 Å². The van der Waals surface area contributed by atoms with Crippen LogP contribution in [0.1, 0.15) is 58.5 Å². The summed E-state index contributed by atoms with van der Waals surface area (Å²) < 4.78 is 0. The van der Waals surface area contributed by atoms with E-state index in [0.29, 0.717) is 6.42 Å². The van der Waals surface area contributed by atoms with Crippen molar-refractivity contribution in [2.24, 2.45) is 0 Å². The van der Waals surface area contributed by atoms with E-state index in [1.165, 1.54) is 0 Å². The number of aromatic amines is 1. The zero-order chi connectivity index (χ0) is 13.9. The first kappa shape index (κ1) is 11.7. The minimum atomic E-state index is -0.924. The summed E-state index contributed by atoms with van der Waals surface area (Å²) in [4.78, 5) is 26.7. The highest BCUT2D eigenvalue weighted by atomic mass is 16.4. The first-order valence-corrected chi connectivity index (χ1v) is 7.03. The molecule has 1 aromatic carbocycles. The molecule has 0 saturated heterocycles. The number of Topliss-reactive ketones (excluding diaryl/α,β-unsaturated/α-hetero) is 1. The number of nitrogens with one attached hydrogen (secondary N) is 1. The van der Waals surface area contributed by atoms with Crippen LogP contribution in [-0.2, 0) is 5.41 Å². The monoisotopic (exact) mass is 269 g/mol. The van der Waals surface area contributed by atoms with Gasteiger partial charge in [-0.25, -0.2) is 4.79 Å². The highest BCUT2D eigenvalue weighted by Gasteiger charge is 2.48. The van der Waals surface area contributed by atoms with Crippen molar-refractivity contribution in [2.75, 3.05) is 0 Å². The number of carbonyl (C=O) groups excluding carboxylic acids is 1. The molecule has 1 saturated carbocycles. The average molecular weight is 269 g/mol. The Labute approximate surface area is 115 Å². The molecule has 20 heavy (non-hydrogen) atoms. The third kappa shape index (κ3) is 1.48. The quantitative estimate of drug-likeness (QED) is 0.834. The van der Waals surface area contributed by atoms with E-state index in [1.54, 1.807) is 18.2 Å². The molecule has 2 aliphatic rings. The predicted molar refractivity (Wildman–Crippen MR) is 74.4 cm³/mol. The van der Waals surface area contributed by atoms with Crippen LogP contribution in [0, 0.1) is 0 Å². The average Bonchev–Trinajstić information content (AvgIpc) is 3.12. The molecule has 0 amide bonds. The van der Waals surface area contributed by atoms with Gasteiger partial charge in [0, 0.05) is 17.3 Å². The summed E-state index contributed by atoms with van der Waals surface area (Å²) in [6.45, 7) is 0. The van der Waals surface area contributed by atoms with E-state index in [1.807, 2.05) is 0 Å². The largest absolute Gasteiger partial charge is 0.478 e. The Hall–Kier alpha value is -2.10. The normalized spacial score (nSPS) is 19.9. The Bertz CT molecular complexity index is 752. The lowest BCUT2D eigenvalue weighted by molar-refractivity contribution is 0.0697. The summed E-state index contributed by atoms with van der Waals surface area (Å²) in [6.07, 6.45) is 4.78. The third-order valence-electron chi connectivity index (χ3n) is 4.77. The molecule has 1 aromatic heterocycles. The van der Waals surface area contributed by atoms with Crippen molar-refractivity contribution in [1.82, 2.24) is 4.98 Å². The number of H-pyrrole nitrogens is 1. The molecule has 4 heteroatoms. The van der Waals surface area contributed by atoms with Gasteiger partial charge in [0.05, 0.1) is 11.3 Å². The molecule has 1 heterocycles. The second kappa shape index (κ2) is 3.72. The maximum absolute atomic E-state index is 12.3. The van der Waals surface area contributed by atoms with Crippen molar-refractivity contribution in [1.29, 1.82) is 0 Å². The first-order valence-electron chi connectivity index (χ1n) is 7.03. The molecule has 1 spiro atoms. The van der Waals surface area contributed by atoms with Gasteiger partial charge in [0.25, 0.3) is 0 Å². The van der Waals surface area contributed by atoms with Crippen LogP contribution >= 0.6 is 0 Å². The molecule has 0 bridgehead atoms. The number of hydrogen-bond donors (Lipinski definition) is 2. The Kier molecular flexibility index (Phi) is 2.18. The van der Waals surface area contributed by atoms with E-state index in [0.717, 1.165) is 47.8 Å². The number of carboxylic acids is 1. The molecule has 0 unspecified atom stereocenters. The first-order chi connectivity index (χ1) is 9.61. The Morgan fingerprint density at radius 2 is 2.05 bits per heavy atom. The molecule has 2 N–H and O–H groups in total. The highest BCUT2D eigenvalue weighted by Crippen LogP contribution is 2.56. The number of aromatic nitrogens is 1. The molecule has 0 atom stereocenters. The van der Waals surface area contributed by atoms with Crippen molar-refractivity contribution in [2.45, 2.75) is 37.5 Å². The lowest BCUT2D eigenvalue weighted by Gasteiger charge is -2.12. The number of hydrogen-bond acceptors (Lipinski definition) is 2. The van der Waals surface area contributed by atoms with Gasteiger partial charge >= 0.3 is 5.97 Å². The maximum Gasteiger partial charge on any atom is 0.335 e. The summed E-state index contributed by atoms with van der Waals surface area (Å²) in [5.41, 5.74) is 3.08. The SMILES string of the molecule is O=C(O)c1ccc2[nH]c3c(c2c1)C1(CCCC3=O)CC1. The number of carbonyl (C=O) groups is 2. The summed E-state index contributed by atoms with van der Waals surface area (Å²) in [7, 11) is 0. The fourth-order valence-corrected chi connectivity index (χ4v) is 3.57. The zero-order valence-corrected chi connectivity index (χ0v) is 11.0. The van der Waals surface area contributed by atoms with Crippen molar-refractivity contribution in [3.05, 3.63) is 35.0 Å². The van der Waals surface area contributed by atoms with Gasteiger partial charge in [0.2, 0.25) is 0 Å². The van der Waals surface area contributed by atoms with Crippen LogP contribution < -0.4 is 0 Å².